The Morgan fingerprint density at radius 2 is 1.59 bits per heavy atom. The topological polar surface area (TPSA) is 76.9 Å². The Balaban J connectivity index is 1.64. The zero-order chi connectivity index (χ0) is 20.4. The van der Waals surface area contributed by atoms with Crippen LogP contribution in [0.15, 0.2) is 71.8 Å². The molecule has 0 bridgehead atoms. The standard InChI is InChI=1S/C22H22N4O2S/c1-16-5-9-18(10-6-16)15-26-21(25-20-4-3-13-23-22(20)26)14-24-29(27,28)19-11-7-17(2)8-12-19/h3-13,24H,14-15H2,1-2H3. The van der Waals surface area contributed by atoms with Crippen LogP contribution in [0.5, 0.6) is 0 Å². The Bertz CT molecular complexity index is 1240. The lowest BCUT2D eigenvalue weighted by molar-refractivity contribution is 0.576. The molecule has 29 heavy (non-hydrogen) atoms. The zero-order valence-corrected chi connectivity index (χ0v) is 17.1. The first-order valence-corrected chi connectivity index (χ1v) is 10.8. The molecule has 0 unspecified atom stereocenters. The van der Waals surface area contributed by atoms with Crippen LogP contribution in [-0.4, -0.2) is 23.0 Å². The van der Waals surface area contributed by atoms with Crippen LogP contribution in [0, 0.1) is 13.8 Å². The van der Waals surface area contributed by atoms with Crippen molar-refractivity contribution in [1.82, 2.24) is 19.3 Å². The molecule has 4 aromatic rings. The van der Waals surface area contributed by atoms with Crippen molar-refractivity contribution in [3.8, 4) is 0 Å². The number of pyridine rings is 1. The number of aromatic nitrogens is 3. The quantitative estimate of drug-likeness (QED) is 0.531. The van der Waals surface area contributed by atoms with E-state index in [0.717, 1.165) is 22.3 Å². The Hall–Kier alpha value is -3.03. The molecule has 2 aromatic carbocycles. The Morgan fingerprint density at radius 1 is 0.931 bits per heavy atom. The van der Waals surface area contributed by atoms with Crippen molar-refractivity contribution in [2.45, 2.75) is 31.8 Å². The molecule has 7 heteroatoms. The molecule has 0 radical (unpaired) electrons. The lowest BCUT2D eigenvalue weighted by atomic mass is 10.1. The summed E-state index contributed by atoms with van der Waals surface area (Å²) < 4.78 is 30.0. The summed E-state index contributed by atoms with van der Waals surface area (Å²) in [6, 6.07) is 18.7. The highest BCUT2D eigenvalue weighted by Gasteiger charge is 2.17. The maximum absolute atomic E-state index is 12.7. The molecule has 6 nitrogen and oxygen atoms in total. The second kappa shape index (κ2) is 7.77. The number of imidazole rings is 1. The first kappa shape index (κ1) is 19.3. The van der Waals surface area contributed by atoms with E-state index in [-0.39, 0.29) is 11.4 Å². The normalized spacial score (nSPS) is 11.8. The van der Waals surface area contributed by atoms with Gasteiger partial charge in [0, 0.05) is 6.20 Å². The summed E-state index contributed by atoms with van der Waals surface area (Å²) in [5.74, 6) is 0.620. The maximum atomic E-state index is 12.7. The third kappa shape index (κ3) is 4.21. The number of aryl methyl sites for hydroxylation is 2. The van der Waals surface area contributed by atoms with Crippen LogP contribution in [0.25, 0.3) is 11.2 Å². The summed E-state index contributed by atoms with van der Waals surface area (Å²) >= 11 is 0. The molecule has 0 aliphatic carbocycles. The van der Waals surface area contributed by atoms with Gasteiger partial charge in [-0.05, 0) is 43.7 Å². The van der Waals surface area contributed by atoms with Crippen molar-refractivity contribution in [3.63, 3.8) is 0 Å². The minimum atomic E-state index is -3.63. The second-order valence-corrected chi connectivity index (χ2v) is 8.85. The lowest BCUT2D eigenvalue weighted by Crippen LogP contribution is -2.25. The summed E-state index contributed by atoms with van der Waals surface area (Å²) in [5.41, 5.74) is 4.77. The number of nitrogens with zero attached hydrogens (tertiary/aromatic N) is 3. The van der Waals surface area contributed by atoms with Gasteiger partial charge in [-0.2, -0.15) is 0 Å². The van der Waals surface area contributed by atoms with Crippen molar-refractivity contribution >= 4 is 21.2 Å². The third-order valence-electron chi connectivity index (χ3n) is 4.80. The smallest absolute Gasteiger partial charge is 0.240 e. The molecule has 0 fully saturated rings. The van der Waals surface area contributed by atoms with Crippen molar-refractivity contribution in [2.75, 3.05) is 0 Å². The first-order chi connectivity index (χ1) is 13.9. The van der Waals surface area contributed by atoms with Gasteiger partial charge in [0.1, 0.15) is 11.3 Å². The number of rotatable bonds is 6. The Labute approximate surface area is 170 Å². The number of hydrogen-bond acceptors (Lipinski definition) is 4. The van der Waals surface area contributed by atoms with Crippen LogP contribution in [0.4, 0.5) is 0 Å². The maximum Gasteiger partial charge on any atom is 0.240 e. The highest BCUT2D eigenvalue weighted by molar-refractivity contribution is 7.89. The van der Waals surface area contributed by atoms with Gasteiger partial charge in [0.2, 0.25) is 10.0 Å². The van der Waals surface area contributed by atoms with Crippen LogP contribution in [0.2, 0.25) is 0 Å². The van der Waals surface area contributed by atoms with E-state index in [1.54, 1.807) is 30.5 Å². The molecule has 2 aromatic heterocycles. The fraction of sp³-hybridized carbons (Fsp3) is 0.182. The summed E-state index contributed by atoms with van der Waals surface area (Å²) in [7, 11) is -3.63. The first-order valence-electron chi connectivity index (χ1n) is 9.34. The molecule has 1 N–H and O–H groups in total. The Kier molecular flexibility index (Phi) is 5.17. The third-order valence-corrected chi connectivity index (χ3v) is 6.21. The van der Waals surface area contributed by atoms with Crippen LogP contribution in [0.1, 0.15) is 22.5 Å². The fourth-order valence-electron chi connectivity index (χ4n) is 3.14. The van der Waals surface area contributed by atoms with Crippen molar-refractivity contribution in [2.24, 2.45) is 0 Å². The molecule has 0 saturated heterocycles. The van der Waals surface area contributed by atoms with E-state index in [9.17, 15) is 8.42 Å². The van der Waals surface area contributed by atoms with E-state index in [0.29, 0.717) is 12.4 Å². The van der Waals surface area contributed by atoms with Gasteiger partial charge >= 0.3 is 0 Å². The van der Waals surface area contributed by atoms with Crippen molar-refractivity contribution in [1.29, 1.82) is 0 Å². The van der Waals surface area contributed by atoms with Crippen molar-refractivity contribution in [3.05, 3.63) is 89.4 Å². The predicted octanol–water partition coefficient (Wildman–Crippen LogP) is 3.57. The largest absolute Gasteiger partial charge is 0.307 e. The lowest BCUT2D eigenvalue weighted by Gasteiger charge is -2.11. The summed E-state index contributed by atoms with van der Waals surface area (Å²) in [6.45, 7) is 4.61. The van der Waals surface area contributed by atoms with E-state index in [1.165, 1.54) is 5.56 Å². The van der Waals surface area contributed by atoms with Gasteiger partial charge in [-0.1, -0.05) is 47.5 Å². The van der Waals surface area contributed by atoms with E-state index in [4.69, 9.17) is 0 Å². The molecule has 0 saturated carbocycles. The Morgan fingerprint density at radius 3 is 2.28 bits per heavy atom. The molecular formula is C22H22N4O2S. The van der Waals surface area contributed by atoms with E-state index >= 15 is 0 Å². The molecule has 0 amide bonds. The summed E-state index contributed by atoms with van der Waals surface area (Å²) in [4.78, 5) is 9.30. The molecule has 4 rings (SSSR count). The number of benzene rings is 2. The number of hydrogen-bond donors (Lipinski definition) is 1. The summed E-state index contributed by atoms with van der Waals surface area (Å²) in [6.07, 6.45) is 1.72. The van der Waals surface area contributed by atoms with Gasteiger partial charge in [-0.15, -0.1) is 0 Å². The van der Waals surface area contributed by atoms with Gasteiger partial charge in [-0.25, -0.2) is 23.1 Å². The van der Waals surface area contributed by atoms with Crippen LogP contribution in [-0.2, 0) is 23.1 Å². The molecule has 2 heterocycles. The second-order valence-electron chi connectivity index (χ2n) is 7.08. The van der Waals surface area contributed by atoms with Crippen molar-refractivity contribution < 1.29 is 8.42 Å². The van der Waals surface area contributed by atoms with Crippen LogP contribution < -0.4 is 4.72 Å². The fourth-order valence-corrected chi connectivity index (χ4v) is 4.12. The monoisotopic (exact) mass is 406 g/mol. The number of sulfonamides is 1. The van der Waals surface area contributed by atoms with E-state index in [1.807, 2.05) is 30.5 Å². The highest BCUT2D eigenvalue weighted by Crippen LogP contribution is 2.17. The molecule has 0 atom stereocenters. The van der Waals surface area contributed by atoms with E-state index in [2.05, 4.69) is 39.0 Å². The van der Waals surface area contributed by atoms with Gasteiger partial charge in [0.15, 0.2) is 5.65 Å². The SMILES string of the molecule is Cc1ccc(Cn2c(CNS(=O)(=O)c3ccc(C)cc3)nc3cccnc32)cc1. The summed E-state index contributed by atoms with van der Waals surface area (Å²) in [5, 5.41) is 0. The van der Waals surface area contributed by atoms with Crippen LogP contribution in [0.3, 0.4) is 0 Å². The molecule has 0 spiro atoms. The molecular weight excluding hydrogens is 384 g/mol. The van der Waals surface area contributed by atoms with Gasteiger partial charge in [0.05, 0.1) is 18.0 Å². The van der Waals surface area contributed by atoms with E-state index < -0.39 is 10.0 Å². The van der Waals surface area contributed by atoms with Gasteiger partial charge < -0.3 is 4.57 Å². The minimum absolute atomic E-state index is 0.0818. The number of fused-ring (bicyclic) bond motifs is 1. The molecule has 0 aliphatic rings. The highest BCUT2D eigenvalue weighted by atomic mass is 32.2. The van der Waals surface area contributed by atoms with Gasteiger partial charge in [-0.3, -0.25) is 0 Å². The number of nitrogens with one attached hydrogen (secondary N) is 1. The molecule has 0 aliphatic heterocycles. The average molecular weight is 407 g/mol. The van der Waals surface area contributed by atoms with Crippen LogP contribution >= 0.6 is 0 Å². The van der Waals surface area contributed by atoms with Gasteiger partial charge in [0.25, 0.3) is 0 Å². The average Bonchev–Trinajstić information content (AvgIpc) is 3.06. The zero-order valence-electron chi connectivity index (χ0n) is 16.3. The molecule has 148 valence electrons. The minimum Gasteiger partial charge on any atom is -0.307 e. The predicted molar refractivity (Wildman–Crippen MR) is 113 cm³/mol.